The maximum Gasteiger partial charge on any atom is 0.253 e. The first kappa shape index (κ1) is 14.3. The second-order valence-electron chi connectivity index (χ2n) is 4.06. The van der Waals surface area contributed by atoms with Crippen molar-refractivity contribution in [3.8, 4) is 5.75 Å². The Labute approximate surface area is 120 Å². The molecule has 0 bridgehead atoms. The van der Waals surface area contributed by atoms with E-state index in [-0.39, 0.29) is 11.4 Å². The minimum atomic E-state index is -0.266. The normalized spacial score (nSPS) is 10.4. The lowest BCUT2D eigenvalue weighted by atomic mass is 10.2. The highest BCUT2D eigenvalue weighted by molar-refractivity contribution is 7.98. The van der Waals surface area contributed by atoms with E-state index in [0.717, 1.165) is 11.3 Å². The molecule has 0 atom stereocenters. The van der Waals surface area contributed by atoms with E-state index in [4.69, 9.17) is 16.2 Å². The van der Waals surface area contributed by atoms with Gasteiger partial charge in [0.1, 0.15) is 11.6 Å². The molecule has 0 amide bonds. The third-order valence-corrected chi connectivity index (χ3v) is 3.41. The Balaban J connectivity index is 2.17. The standard InChI is InChI=1S/C13H16N4O2S/c1-2-19-10-4-3-9(14)5-8(10)7-20-13-16-11(15)6-12(18)17-13/h3-6H,2,7,14H2,1H3,(H3,15,16,17,18). The molecule has 2 rings (SSSR count). The number of hydrogen-bond donors (Lipinski definition) is 3. The van der Waals surface area contributed by atoms with Crippen molar-refractivity contribution in [1.82, 2.24) is 9.97 Å². The summed E-state index contributed by atoms with van der Waals surface area (Å²) in [5.74, 6) is 1.56. The summed E-state index contributed by atoms with van der Waals surface area (Å²) in [4.78, 5) is 18.0. The molecular weight excluding hydrogens is 276 g/mol. The summed E-state index contributed by atoms with van der Waals surface area (Å²) in [7, 11) is 0. The fourth-order valence-corrected chi connectivity index (χ4v) is 2.54. The van der Waals surface area contributed by atoms with Gasteiger partial charge in [-0.3, -0.25) is 4.79 Å². The van der Waals surface area contributed by atoms with E-state index in [2.05, 4.69) is 9.97 Å². The number of aromatic nitrogens is 2. The molecule has 0 saturated carbocycles. The Kier molecular flexibility index (Phi) is 4.52. The van der Waals surface area contributed by atoms with E-state index in [1.165, 1.54) is 17.8 Å². The zero-order valence-corrected chi connectivity index (χ0v) is 11.9. The van der Waals surface area contributed by atoms with Gasteiger partial charge in [-0.2, -0.15) is 0 Å². The Morgan fingerprint density at radius 1 is 1.35 bits per heavy atom. The van der Waals surface area contributed by atoms with E-state index >= 15 is 0 Å². The van der Waals surface area contributed by atoms with Crippen LogP contribution in [0.5, 0.6) is 5.75 Å². The van der Waals surface area contributed by atoms with Crippen LogP contribution in [-0.2, 0) is 5.75 Å². The SMILES string of the molecule is CCOc1ccc(N)cc1CSc1nc(N)cc(=O)[nH]1. The number of anilines is 2. The van der Waals surface area contributed by atoms with Crippen LogP contribution in [0.15, 0.2) is 34.2 Å². The molecule has 20 heavy (non-hydrogen) atoms. The zero-order valence-electron chi connectivity index (χ0n) is 11.1. The molecule has 2 aromatic rings. The molecular formula is C13H16N4O2S. The number of nitrogens with one attached hydrogen (secondary N) is 1. The van der Waals surface area contributed by atoms with Crippen LogP contribution in [0, 0.1) is 0 Å². The van der Waals surface area contributed by atoms with Gasteiger partial charge in [0.15, 0.2) is 5.16 Å². The summed E-state index contributed by atoms with van der Waals surface area (Å²) in [6.45, 7) is 2.50. The van der Waals surface area contributed by atoms with Crippen molar-refractivity contribution < 1.29 is 4.74 Å². The van der Waals surface area contributed by atoms with Gasteiger partial charge in [-0.15, -0.1) is 0 Å². The number of nitrogens with zero attached hydrogens (tertiary/aromatic N) is 1. The van der Waals surface area contributed by atoms with Crippen LogP contribution in [0.25, 0.3) is 0 Å². The van der Waals surface area contributed by atoms with Gasteiger partial charge in [-0.05, 0) is 25.1 Å². The van der Waals surface area contributed by atoms with E-state index in [1.807, 2.05) is 19.1 Å². The van der Waals surface area contributed by atoms with Crippen LogP contribution in [0.4, 0.5) is 11.5 Å². The number of H-pyrrole nitrogens is 1. The highest BCUT2D eigenvalue weighted by Crippen LogP contribution is 2.28. The Bertz CT molecular complexity index is 657. The monoisotopic (exact) mass is 292 g/mol. The number of thioether (sulfide) groups is 1. The predicted molar refractivity (Wildman–Crippen MR) is 80.9 cm³/mol. The van der Waals surface area contributed by atoms with Gasteiger partial charge in [0, 0.05) is 23.1 Å². The smallest absolute Gasteiger partial charge is 0.253 e. The Hall–Kier alpha value is -2.15. The zero-order chi connectivity index (χ0) is 14.5. The Morgan fingerprint density at radius 3 is 2.85 bits per heavy atom. The molecule has 7 heteroatoms. The summed E-state index contributed by atoms with van der Waals surface area (Å²) < 4.78 is 5.54. The average Bonchev–Trinajstić information content (AvgIpc) is 2.38. The number of benzene rings is 1. The number of hydrogen-bond acceptors (Lipinski definition) is 6. The predicted octanol–water partition coefficient (Wildman–Crippen LogP) is 1.63. The van der Waals surface area contributed by atoms with Crippen molar-refractivity contribution in [2.75, 3.05) is 18.1 Å². The second-order valence-corrected chi connectivity index (χ2v) is 5.03. The maximum atomic E-state index is 11.3. The van der Waals surface area contributed by atoms with E-state index in [0.29, 0.717) is 23.2 Å². The first-order valence-electron chi connectivity index (χ1n) is 6.09. The van der Waals surface area contributed by atoms with E-state index in [1.54, 1.807) is 6.07 Å². The third kappa shape index (κ3) is 3.67. The maximum absolute atomic E-state index is 11.3. The summed E-state index contributed by atoms with van der Waals surface area (Å²) in [6.07, 6.45) is 0. The number of nitrogen functional groups attached to an aromatic ring is 2. The van der Waals surface area contributed by atoms with Gasteiger partial charge in [0.05, 0.1) is 6.61 Å². The van der Waals surface area contributed by atoms with Gasteiger partial charge < -0.3 is 21.2 Å². The van der Waals surface area contributed by atoms with Crippen molar-refractivity contribution in [3.63, 3.8) is 0 Å². The van der Waals surface area contributed by atoms with Crippen LogP contribution in [-0.4, -0.2) is 16.6 Å². The lowest BCUT2D eigenvalue weighted by molar-refractivity contribution is 0.337. The Morgan fingerprint density at radius 2 is 2.15 bits per heavy atom. The highest BCUT2D eigenvalue weighted by atomic mass is 32.2. The molecule has 0 spiro atoms. The fourth-order valence-electron chi connectivity index (χ4n) is 1.68. The average molecular weight is 292 g/mol. The lowest BCUT2D eigenvalue weighted by Gasteiger charge is -2.10. The summed E-state index contributed by atoms with van der Waals surface area (Å²) in [5, 5.41) is 0.472. The van der Waals surface area contributed by atoms with E-state index in [9.17, 15) is 4.79 Å². The van der Waals surface area contributed by atoms with Crippen molar-refractivity contribution >= 4 is 23.3 Å². The number of nitrogens with two attached hydrogens (primary N) is 2. The van der Waals surface area contributed by atoms with Crippen LogP contribution in [0.3, 0.4) is 0 Å². The third-order valence-electron chi connectivity index (χ3n) is 2.49. The fraction of sp³-hybridized carbons (Fsp3) is 0.231. The van der Waals surface area contributed by atoms with Gasteiger partial charge in [0.2, 0.25) is 0 Å². The van der Waals surface area contributed by atoms with Gasteiger partial charge in [0.25, 0.3) is 5.56 Å². The van der Waals surface area contributed by atoms with Crippen LogP contribution in [0.2, 0.25) is 0 Å². The molecule has 5 N–H and O–H groups in total. The van der Waals surface area contributed by atoms with Crippen LogP contribution < -0.4 is 21.8 Å². The molecule has 0 aliphatic carbocycles. The first-order chi connectivity index (χ1) is 9.58. The number of rotatable bonds is 5. The molecule has 0 saturated heterocycles. The van der Waals surface area contributed by atoms with Crippen molar-refractivity contribution in [2.45, 2.75) is 17.8 Å². The molecule has 0 aliphatic rings. The summed E-state index contributed by atoms with van der Waals surface area (Å²) in [6, 6.07) is 6.72. The molecule has 6 nitrogen and oxygen atoms in total. The minimum Gasteiger partial charge on any atom is -0.494 e. The minimum absolute atomic E-state index is 0.203. The quantitative estimate of drug-likeness (QED) is 0.439. The molecule has 0 fully saturated rings. The van der Waals surface area contributed by atoms with Crippen molar-refractivity contribution in [3.05, 3.63) is 40.2 Å². The van der Waals surface area contributed by atoms with Gasteiger partial charge in [-0.1, -0.05) is 11.8 Å². The summed E-state index contributed by atoms with van der Waals surface area (Å²) >= 11 is 1.37. The number of ether oxygens (including phenoxy) is 1. The number of aromatic amines is 1. The highest BCUT2D eigenvalue weighted by Gasteiger charge is 2.07. The van der Waals surface area contributed by atoms with Gasteiger partial charge >= 0.3 is 0 Å². The first-order valence-corrected chi connectivity index (χ1v) is 7.08. The second kappa shape index (κ2) is 6.33. The molecule has 1 aromatic heterocycles. The van der Waals surface area contributed by atoms with E-state index < -0.39 is 0 Å². The molecule has 0 aliphatic heterocycles. The topological polar surface area (TPSA) is 107 Å². The largest absolute Gasteiger partial charge is 0.494 e. The molecule has 0 unspecified atom stereocenters. The van der Waals surface area contributed by atoms with Crippen LogP contribution in [0.1, 0.15) is 12.5 Å². The molecule has 106 valence electrons. The lowest BCUT2D eigenvalue weighted by Crippen LogP contribution is -2.09. The molecule has 1 heterocycles. The van der Waals surface area contributed by atoms with Crippen molar-refractivity contribution in [2.24, 2.45) is 0 Å². The molecule has 0 radical (unpaired) electrons. The van der Waals surface area contributed by atoms with Crippen LogP contribution >= 0.6 is 11.8 Å². The molecule has 1 aromatic carbocycles. The van der Waals surface area contributed by atoms with Crippen molar-refractivity contribution in [1.29, 1.82) is 0 Å². The van der Waals surface area contributed by atoms with Gasteiger partial charge in [-0.25, -0.2) is 4.98 Å². The summed E-state index contributed by atoms with van der Waals surface area (Å²) in [5.41, 5.74) is 12.7.